The molecule has 1 rings (SSSR count). The van der Waals surface area contributed by atoms with Gasteiger partial charge in [0, 0.05) is 17.8 Å². The molecule has 72 valence electrons. The molecular weight excluding hydrogens is 182 g/mol. The molecule has 0 spiro atoms. The highest BCUT2D eigenvalue weighted by atomic mass is 16.4. The first kappa shape index (κ1) is 10.2. The lowest BCUT2D eigenvalue weighted by molar-refractivity contribution is 0.0688. The Bertz CT molecular complexity index is 384. The Hall–Kier alpha value is -1.93. The average molecular weight is 191 g/mol. The second kappa shape index (κ2) is 4.35. The maximum atomic E-state index is 10.7. The van der Waals surface area contributed by atoms with Gasteiger partial charge in [0.1, 0.15) is 0 Å². The molecule has 5 nitrogen and oxygen atoms in total. The summed E-state index contributed by atoms with van der Waals surface area (Å²) in [5.41, 5.74) is 5.92. The fraction of sp³-hybridized carbons (Fsp3) is 0.222. The van der Waals surface area contributed by atoms with Gasteiger partial charge in [-0.2, -0.15) is 5.26 Å². The van der Waals surface area contributed by atoms with E-state index in [1.54, 1.807) is 12.1 Å². The number of hydrogen-bond donors (Lipinski definition) is 2. The second-order valence-electron chi connectivity index (χ2n) is 2.72. The van der Waals surface area contributed by atoms with Crippen LogP contribution < -0.4 is 5.73 Å². The van der Waals surface area contributed by atoms with Crippen molar-refractivity contribution in [1.82, 2.24) is 4.98 Å². The van der Waals surface area contributed by atoms with Gasteiger partial charge in [0.2, 0.25) is 0 Å². The van der Waals surface area contributed by atoms with Crippen molar-refractivity contribution in [2.45, 2.75) is 12.5 Å². The summed E-state index contributed by atoms with van der Waals surface area (Å²) in [6.45, 7) is 0. The first-order chi connectivity index (χ1) is 6.66. The van der Waals surface area contributed by atoms with Crippen LogP contribution in [0.5, 0.6) is 0 Å². The highest BCUT2D eigenvalue weighted by Gasteiger charge is 2.16. The fourth-order valence-electron chi connectivity index (χ4n) is 1.10. The van der Waals surface area contributed by atoms with E-state index in [1.165, 1.54) is 6.20 Å². The quantitative estimate of drug-likeness (QED) is 0.732. The largest absolute Gasteiger partial charge is 0.477 e. The number of nitrogens with zero attached hydrogens (tertiary/aromatic N) is 2. The van der Waals surface area contributed by atoms with E-state index in [0.717, 1.165) is 0 Å². The molecular formula is C9H9N3O2. The average Bonchev–Trinajstić information content (AvgIpc) is 2.18. The van der Waals surface area contributed by atoms with Gasteiger partial charge in [0.05, 0.1) is 12.5 Å². The summed E-state index contributed by atoms with van der Waals surface area (Å²) in [7, 11) is 0. The van der Waals surface area contributed by atoms with Crippen molar-refractivity contribution in [3.63, 3.8) is 0 Å². The van der Waals surface area contributed by atoms with Crippen molar-refractivity contribution in [1.29, 1.82) is 5.26 Å². The Morgan fingerprint density at radius 3 is 3.07 bits per heavy atom. The van der Waals surface area contributed by atoms with Crippen LogP contribution in [-0.2, 0) is 0 Å². The summed E-state index contributed by atoms with van der Waals surface area (Å²) in [5, 5.41) is 17.2. The second-order valence-corrected chi connectivity index (χ2v) is 2.72. The van der Waals surface area contributed by atoms with Gasteiger partial charge in [-0.3, -0.25) is 0 Å². The van der Waals surface area contributed by atoms with Gasteiger partial charge in [-0.1, -0.05) is 6.07 Å². The van der Waals surface area contributed by atoms with Crippen LogP contribution in [0.3, 0.4) is 0 Å². The zero-order chi connectivity index (χ0) is 10.6. The Kier molecular flexibility index (Phi) is 3.15. The fourth-order valence-corrected chi connectivity index (χ4v) is 1.10. The number of carbonyl (C=O) groups is 1. The number of carboxylic acids is 1. The molecule has 3 N–H and O–H groups in total. The summed E-state index contributed by atoms with van der Waals surface area (Å²) < 4.78 is 0. The predicted octanol–water partition coefficient (Wildman–Crippen LogP) is 0.693. The molecule has 1 unspecified atom stereocenters. The molecule has 0 saturated heterocycles. The Morgan fingerprint density at radius 1 is 1.79 bits per heavy atom. The van der Waals surface area contributed by atoms with Crippen LogP contribution >= 0.6 is 0 Å². The Labute approximate surface area is 80.8 Å². The van der Waals surface area contributed by atoms with E-state index in [1.807, 2.05) is 6.07 Å². The third-order valence-electron chi connectivity index (χ3n) is 1.75. The third kappa shape index (κ3) is 2.06. The first-order valence-electron chi connectivity index (χ1n) is 3.97. The Balaban J connectivity index is 3.08. The zero-order valence-corrected chi connectivity index (χ0v) is 7.34. The van der Waals surface area contributed by atoms with Gasteiger partial charge in [-0.15, -0.1) is 0 Å². The van der Waals surface area contributed by atoms with Crippen molar-refractivity contribution in [3.8, 4) is 6.07 Å². The number of nitrogens with two attached hydrogens (primary N) is 1. The van der Waals surface area contributed by atoms with Crippen LogP contribution in [0.2, 0.25) is 0 Å². The van der Waals surface area contributed by atoms with Gasteiger partial charge >= 0.3 is 5.97 Å². The molecule has 0 aliphatic carbocycles. The van der Waals surface area contributed by atoms with Crippen molar-refractivity contribution >= 4 is 5.97 Å². The van der Waals surface area contributed by atoms with E-state index < -0.39 is 12.0 Å². The van der Waals surface area contributed by atoms with Gasteiger partial charge < -0.3 is 10.8 Å². The molecule has 0 saturated carbocycles. The predicted molar refractivity (Wildman–Crippen MR) is 48.4 cm³/mol. The first-order valence-corrected chi connectivity index (χ1v) is 3.97. The molecule has 0 amide bonds. The molecule has 0 aliphatic heterocycles. The minimum Gasteiger partial charge on any atom is -0.477 e. The minimum atomic E-state index is -1.13. The van der Waals surface area contributed by atoms with Crippen LogP contribution in [0.1, 0.15) is 28.5 Å². The lowest BCUT2D eigenvalue weighted by atomic mass is 10.0. The van der Waals surface area contributed by atoms with E-state index in [2.05, 4.69) is 4.98 Å². The summed E-state index contributed by atoms with van der Waals surface area (Å²) in [5.74, 6) is -1.13. The highest BCUT2D eigenvalue weighted by Crippen LogP contribution is 2.16. The lowest BCUT2D eigenvalue weighted by Gasteiger charge is -2.09. The maximum Gasteiger partial charge on any atom is 0.354 e. The molecule has 1 aromatic rings. The van der Waals surface area contributed by atoms with Gasteiger partial charge in [0.15, 0.2) is 5.69 Å². The van der Waals surface area contributed by atoms with E-state index in [-0.39, 0.29) is 12.1 Å². The van der Waals surface area contributed by atoms with Gasteiger partial charge in [-0.25, -0.2) is 9.78 Å². The Morgan fingerprint density at radius 2 is 2.50 bits per heavy atom. The van der Waals surface area contributed by atoms with Crippen molar-refractivity contribution in [2.24, 2.45) is 5.73 Å². The molecule has 14 heavy (non-hydrogen) atoms. The number of nitriles is 1. The number of pyridine rings is 1. The molecule has 0 aliphatic rings. The van der Waals surface area contributed by atoms with Crippen LogP contribution in [-0.4, -0.2) is 16.1 Å². The molecule has 1 aromatic heterocycles. The summed E-state index contributed by atoms with van der Waals surface area (Å²) in [6.07, 6.45) is 1.46. The number of carboxylic acid groups (broad SMARTS) is 1. The summed E-state index contributed by atoms with van der Waals surface area (Å²) in [4.78, 5) is 14.4. The summed E-state index contributed by atoms with van der Waals surface area (Å²) in [6, 6.07) is 4.45. The number of hydrogen-bond acceptors (Lipinski definition) is 4. The van der Waals surface area contributed by atoms with Crippen LogP contribution in [0.15, 0.2) is 18.3 Å². The van der Waals surface area contributed by atoms with Crippen LogP contribution in [0, 0.1) is 11.3 Å². The maximum absolute atomic E-state index is 10.7. The highest BCUT2D eigenvalue weighted by molar-refractivity contribution is 5.87. The smallest absolute Gasteiger partial charge is 0.354 e. The van der Waals surface area contributed by atoms with Gasteiger partial charge in [-0.05, 0) is 6.07 Å². The summed E-state index contributed by atoms with van der Waals surface area (Å²) >= 11 is 0. The zero-order valence-electron chi connectivity index (χ0n) is 7.34. The molecule has 0 aromatic carbocycles. The molecule has 1 heterocycles. The van der Waals surface area contributed by atoms with Gasteiger partial charge in [0.25, 0.3) is 0 Å². The molecule has 5 heteroatoms. The normalized spacial score (nSPS) is 11.7. The number of aromatic carboxylic acids is 1. The van der Waals surface area contributed by atoms with E-state index in [0.29, 0.717) is 5.56 Å². The lowest BCUT2D eigenvalue weighted by Crippen LogP contribution is -2.15. The minimum absolute atomic E-state index is 0.0754. The topological polar surface area (TPSA) is 100 Å². The third-order valence-corrected chi connectivity index (χ3v) is 1.75. The SMILES string of the molecule is N#CCC(N)c1cccnc1C(=O)O. The van der Waals surface area contributed by atoms with E-state index in [4.69, 9.17) is 16.1 Å². The number of rotatable bonds is 3. The van der Waals surface area contributed by atoms with E-state index in [9.17, 15) is 4.79 Å². The monoisotopic (exact) mass is 191 g/mol. The molecule has 0 radical (unpaired) electrons. The molecule has 1 atom stereocenters. The van der Waals surface area contributed by atoms with Crippen molar-refractivity contribution in [2.75, 3.05) is 0 Å². The van der Waals surface area contributed by atoms with Crippen molar-refractivity contribution in [3.05, 3.63) is 29.6 Å². The standard InChI is InChI=1S/C9H9N3O2/c10-4-3-7(11)6-2-1-5-12-8(6)9(13)14/h1-2,5,7H,3,11H2,(H,13,14). The number of aromatic nitrogens is 1. The van der Waals surface area contributed by atoms with Crippen molar-refractivity contribution < 1.29 is 9.90 Å². The van der Waals surface area contributed by atoms with Crippen LogP contribution in [0.4, 0.5) is 0 Å². The van der Waals surface area contributed by atoms with E-state index >= 15 is 0 Å². The van der Waals surface area contributed by atoms with Crippen LogP contribution in [0.25, 0.3) is 0 Å². The molecule has 0 bridgehead atoms. The molecule has 0 fully saturated rings.